The molecule has 3 N–H and O–H groups in total. The molecule has 3 rings (SSSR count). The molecular weight excluding hydrogens is 390 g/mol. The predicted molar refractivity (Wildman–Crippen MR) is 125 cm³/mol. The number of benzene rings is 1. The molecule has 0 atom stereocenters. The number of carbonyl (C=O) groups excluding carboxylic acids is 1. The first-order valence-corrected chi connectivity index (χ1v) is 10.7. The van der Waals surface area contributed by atoms with E-state index in [1.807, 2.05) is 45.0 Å². The summed E-state index contributed by atoms with van der Waals surface area (Å²) in [5, 5.41) is 9.25. The molecule has 0 fully saturated rings. The molecule has 2 heterocycles. The van der Waals surface area contributed by atoms with Crippen molar-refractivity contribution in [1.29, 1.82) is 0 Å². The fraction of sp³-hybridized carbons (Fsp3) is 0.391. The van der Waals surface area contributed by atoms with E-state index in [-0.39, 0.29) is 5.91 Å². The summed E-state index contributed by atoms with van der Waals surface area (Å²) >= 11 is 0. The second-order valence-electron chi connectivity index (χ2n) is 7.36. The maximum atomic E-state index is 12.1. The number of hydrogen-bond acceptors (Lipinski definition) is 4. The Hall–Kier alpha value is -3.42. The van der Waals surface area contributed by atoms with Crippen LogP contribution in [0, 0.1) is 13.8 Å². The average Bonchev–Trinajstić information content (AvgIpc) is 3.08. The first-order valence-electron chi connectivity index (χ1n) is 10.7. The van der Waals surface area contributed by atoms with Gasteiger partial charge >= 0.3 is 0 Å². The van der Waals surface area contributed by atoms with E-state index in [0.29, 0.717) is 25.3 Å². The summed E-state index contributed by atoms with van der Waals surface area (Å²) in [5.41, 5.74) is 3.24. The Bertz CT molecular complexity index is 1020. The number of hydrogen-bond donors (Lipinski definition) is 3. The molecule has 8 heteroatoms. The maximum absolute atomic E-state index is 12.1. The quantitative estimate of drug-likeness (QED) is 0.280. The Balaban J connectivity index is 1.44. The monoisotopic (exact) mass is 421 g/mol. The van der Waals surface area contributed by atoms with E-state index in [2.05, 4.69) is 41.5 Å². The number of guanidine groups is 1. The molecule has 0 aliphatic carbocycles. The van der Waals surface area contributed by atoms with Crippen LogP contribution in [0.15, 0.2) is 47.6 Å². The largest absolute Gasteiger partial charge is 0.357 e. The second-order valence-corrected chi connectivity index (χ2v) is 7.36. The van der Waals surface area contributed by atoms with Gasteiger partial charge in [-0.25, -0.2) is 9.97 Å². The fourth-order valence-corrected chi connectivity index (χ4v) is 3.28. The Labute approximate surface area is 183 Å². The SMILES string of the molecule is CCNC(=NCCCn1c(C)nc2ccccc21)NCCC(=O)Nc1ccc(C)cn1. The molecule has 0 bridgehead atoms. The number of aliphatic imine (C=N–C) groups is 1. The molecule has 1 aromatic carbocycles. The number of amides is 1. The molecule has 1 amide bonds. The van der Waals surface area contributed by atoms with Crippen LogP contribution >= 0.6 is 0 Å². The molecule has 0 spiro atoms. The van der Waals surface area contributed by atoms with Gasteiger partial charge in [0, 0.05) is 38.8 Å². The van der Waals surface area contributed by atoms with Crippen LogP contribution in [0.2, 0.25) is 0 Å². The Morgan fingerprint density at radius 1 is 1.13 bits per heavy atom. The molecule has 0 saturated carbocycles. The molecule has 0 aliphatic heterocycles. The van der Waals surface area contributed by atoms with Crippen molar-refractivity contribution in [1.82, 2.24) is 25.2 Å². The van der Waals surface area contributed by atoms with E-state index in [4.69, 9.17) is 0 Å². The normalized spacial score (nSPS) is 11.5. The summed E-state index contributed by atoms with van der Waals surface area (Å²) in [6, 6.07) is 11.9. The standard InChI is InChI=1S/C23H31N7O/c1-4-24-23(26-14-12-22(31)29-21-11-10-17(2)16-27-21)25-13-7-15-30-18(3)28-19-8-5-6-9-20(19)30/h5-6,8-11,16H,4,7,12-15H2,1-3H3,(H2,24,25,26)(H,27,29,31). The summed E-state index contributed by atoms with van der Waals surface area (Å²) in [6.45, 7) is 8.82. The topological polar surface area (TPSA) is 96.2 Å². The lowest BCUT2D eigenvalue weighted by Gasteiger charge is -2.12. The van der Waals surface area contributed by atoms with Crippen molar-refractivity contribution in [3.63, 3.8) is 0 Å². The fourth-order valence-electron chi connectivity index (χ4n) is 3.28. The van der Waals surface area contributed by atoms with Gasteiger partial charge in [-0.05, 0) is 51.0 Å². The molecule has 3 aromatic rings. The number of rotatable bonds is 9. The van der Waals surface area contributed by atoms with Crippen LogP contribution in [0.5, 0.6) is 0 Å². The lowest BCUT2D eigenvalue weighted by atomic mass is 10.3. The number of imidazole rings is 1. The number of carbonyl (C=O) groups is 1. The van der Waals surface area contributed by atoms with Gasteiger partial charge in [0.1, 0.15) is 11.6 Å². The third-order valence-electron chi connectivity index (χ3n) is 4.82. The van der Waals surface area contributed by atoms with Gasteiger partial charge in [-0.2, -0.15) is 0 Å². The number of anilines is 1. The minimum absolute atomic E-state index is 0.0813. The highest BCUT2D eigenvalue weighted by Crippen LogP contribution is 2.15. The van der Waals surface area contributed by atoms with E-state index in [1.165, 1.54) is 0 Å². The van der Waals surface area contributed by atoms with Crippen LogP contribution in [0.25, 0.3) is 11.0 Å². The van der Waals surface area contributed by atoms with Crippen molar-refractivity contribution < 1.29 is 4.79 Å². The molecular formula is C23H31N7O. The third kappa shape index (κ3) is 6.53. The summed E-state index contributed by atoms with van der Waals surface area (Å²) < 4.78 is 2.23. The van der Waals surface area contributed by atoms with Gasteiger partial charge in [-0.1, -0.05) is 18.2 Å². The molecule has 164 valence electrons. The van der Waals surface area contributed by atoms with Crippen molar-refractivity contribution in [3.05, 3.63) is 54.0 Å². The van der Waals surface area contributed by atoms with E-state index in [9.17, 15) is 4.79 Å². The molecule has 31 heavy (non-hydrogen) atoms. The highest BCUT2D eigenvalue weighted by atomic mass is 16.1. The molecule has 0 radical (unpaired) electrons. The zero-order valence-electron chi connectivity index (χ0n) is 18.5. The zero-order valence-corrected chi connectivity index (χ0v) is 18.5. The first kappa shape index (κ1) is 22.3. The van der Waals surface area contributed by atoms with Gasteiger partial charge in [0.2, 0.25) is 5.91 Å². The zero-order chi connectivity index (χ0) is 22.1. The van der Waals surface area contributed by atoms with E-state index < -0.39 is 0 Å². The third-order valence-corrected chi connectivity index (χ3v) is 4.82. The van der Waals surface area contributed by atoms with E-state index in [1.54, 1.807) is 12.3 Å². The smallest absolute Gasteiger partial charge is 0.227 e. The summed E-state index contributed by atoms with van der Waals surface area (Å²) in [4.78, 5) is 25.5. The number of pyridine rings is 1. The molecule has 0 aliphatic rings. The number of nitrogens with one attached hydrogen (secondary N) is 3. The van der Waals surface area contributed by atoms with Crippen molar-refractivity contribution in [3.8, 4) is 0 Å². The van der Waals surface area contributed by atoms with Gasteiger partial charge in [0.05, 0.1) is 11.0 Å². The second kappa shape index (κ2) is 11.1. The number of fused-ring (bicyclic) bond motifs is 1. The van der Waals surface area contributed by atoms with E-state index in [0.717, 1.165) is 47.9 Å². The van der Waals surface area contributed by atoms with Crippen molar-refractivity contribution in [2.45, 2.75) is 40.2 Å². The van der Waals surface area contributed by atoms with Gasteiger partial charge in [0.25, 0.3) is 0 Å². The number of aryl methyl sites for hydroxylation is 3. The van der Waals surface area contributed by atoms with Gasteiger partial charge in [-0.3, -0.25) is 9.79 Å². The average molecular weight is 422 g/mol. The molecule has 0 saturated heterocycles. The number of aromatic nitrogens is 3. The highest BCUT2D eigenvalue weighted by Gasteiger charge is 2.07. The van der Waals surface area contributed by atoms with Crippen LogP contribution in [0.3, 0.4) is 0 Å². The summed E-state index contributed by atoms with van der Waals surface area (Å²) in [7, 11) is 0. The first-order chi connectivity index (χ1) is 15.1. The lowest BCUT2D eigenvalue weighted by molar-refractivity contribution is -0.116. The van der Waals surface area contributed by atoms with Crippen LogP contribution in [-0.2, 0) is 11.3 Å². The van der Waals surface area contributed by atoms with Crippen molar-refractivity contribution in [2.24, 2.45) is 4.99 Å². The van der Waals surface area contributed by atoms with Crippen LogP contribution in [0.1, 0.15) is 31.2 Å². The summed E-state index contributed by atoms with van der Waals surface area (Å²) in [6.07, 6.45) is 2.97. The molecule has 2 aromatic heterocycles. The predicted octanol–water partition coefficient (Wildman–Crippen LogP) is 3.02. The Morgan fingerprint density at radius 2 is 1.97 bits per heavy atom. The minimum atomic E-state index is -0.0813. The van der Waals surface area contributed by atoms with Crippen molar-refractivity contribution in [2.75, 3.05) is 25.0 Å². The summed E-state index contributed by atoms with van der Waals surface area (Å²) in [5.74, 6) is 2.22. The van der Waals surface area contributed by atoms with Crippen LogP contribution in [-0.4, -0.2) is 46.0 Å². The number of nitrogens with zero attached hydrogens (tertiary/aromatic N) is 4. The number of para-hydroxylation sites is 2. The molecule has 0 unspecified atom stereocenters. The van der Waals surface area contributed by atoms with E-state index >= 15 is 0 Å². The maximum Gasteiger partial charge on any atom is 0.227 e. The van der Waals surface area contributed by atoms with Crippen LogP contribution < -0.4 is 16.0 Å². The lowest BCUT2D eigenvalue weighted by Crippen LogP contribution is -2.38. The highest BCUT2D eigenvalue weighted by molar-refractivity contribution is 5.90. The Kier molecular flexibility index (Phi) is 7.98. The minimum Gasteiger partial charge on any atom is -0.357 e. The van der Waals surface area contributed by atoms with Gasteiger partial charge in [-0.15, -0.1) is 0 Å². The van der Waals surface area contributed by atoms with Crippen molar-refractivity contribution >= 4 is 28.7 Å². The van der Waals surface area contributed by atoms with Gasteiger partial charge < -0.3 is 20.5 Å². The van der Waals surface area contributed by atoms with Crippen LogP contribution in [0.4, 0.5) is 5.82 Å². The Morgan fingerprint density at radius 3 is 2.74 bits per heavy atom. The van der Waals surface area contributed by atoms with Gasteiger partial charge in [0.15, 0.2) is 5.96 Å². The molecule has 8 nitrogen and oxygen atoms in total.